The lowest BCUT2D eigenvalue weighted by Gasteiger charge is -2.25. The Morgan fingerprint density at radius 1 is 1.18 bits per heavy atom. The molecule has 2 aromatic heterocycles. The van der Waals surface area contributed by atoms with Gasteiger partial charge in [-0.3, -0.25) is 14.5 Å². The number of aliphatic hydroxyl groups excluding tert-OH is 1. The highest BCUT2D eigenvalue weighted by Gasteiger charge is 2.46. The summed E-state index contributed by atoms with van der Waals surface area (Å²) < 4.78 is 11.7. The third-order valence-corrected chi connectivity index (χ3v) is 6.96. The van der Waals surface area contributed by atoms with Gasteiger partial charge in [-0.25, -0.2) is 0 Å². The molecule has 3 aromatic rings. The number of aliphatic hydroxyl groups is 1. The number of hydrogen-bond donors (Lipinski definition) is 1. The van der Waals surface area contributed by atoms with E-state index in [-0.39, 0.29) is 5.57 Å². The second-order valence-electron chi connectivity index (χ2n) is 7.59. The van der Waals surface area contributed by atoms with Gasteiger partial charge in [0.15, 0.2) is 17.3 Å². The molecule has 1 aromatic carbocycles. The van der Waals surface area contributed by atoms with Crippen molar-refractivity contribution in [2.24, 2.45) is 0 Å². The fourth-order valence-corrected chi connectivity index (χ4v) is 5.07. The van der Waals surface area contributed by atoms with Crippen LogP contribution < -0.4 is 14.4 Å². The van der Waals surface area contributed by atoms with Crippen molar-refractivity contribution in [3.05, 3.63) is 62.5 Å². The molecule has 3 heterocycles. The number of rotatable bonds is 10. The first-order valence-corrected chi connectivity index (χ1v) is 12.7. The number of ketones is 1. The standard InChI is InChI=1S/C24H25N3O5S2/c1-4-6-11-32-16-10-9-15(13-17(16)31-5-2)20-19(21(28)18-8-7-12-33-18)22(29)23(30)27(20)24-26-25-14(3)34-24/h7-10,12-13,20,29H,4-6,11H2,1-3H3. The molecular formula is C24H25N3O5S2. The van der Waals surface area contributed by atoms with Crippen LogP contribution in [0.5, 0.6) is 11.5 Å². The summed E-state index contributed by atoms with van der Waals surface area (Å²) in [5.74, 6) is -0.595. The molecule has 34 heavy (non-hydrogen) atoms. The summed E-state index contributed by atoms with van der Waals surface area (Å²) in [7, 11) is 0. The van der Waals surface area contributed by atoms with E-state index in [4.69, 9.17) is 9.47 Å². The van der Waals surface area contributed by atoms with Gasteiger partial charge in [-0.1, -0.05) is 36.8 Å². The van der Waals surface area contributed by atoms with Crippen LogP contribution in [0.15, 0.2) is 47.0 Å². The molecule has 0 fully saturated rings. The minimum Gasteiger partial charge on any atom is -0.503 e. The SMILES string of the molecule is CCCCOc1ccc(C2C(C(=O)c3cccs3)=C(O)C(=O)N2c2nnc(C)s2)cc1OCC. The van der Waals surface area contributed by atoms with Gasteiger partial charge in [0.05, 0.1) is 29.7 Å². The second kappa shape index (κ2) is 10.4. The molecule has 178 valence electrons. The molecule has 1 aliphatic rings. The first-order chi connectivity index (χ1) is 16.5. The molecule has 0 saturated carbocycles. The number of amides is 1. The number of unbranched alkanes of at least 4 members (excludes halogenated alkanes) is 1. The Kier molecular flexibility index (Phi) is 7.28. The lowest BCUT2D eigenvalue weighted by Crippen LogP contribution is -2.31. The molecule has 8 nitrogen and oxygen atoms in total. The van der Waals surface area contributed by atoms with Crippen LogP contribution in [0.1, 0.15) is 53.0 Å². The number of nitrogens with zero attached hydrogens (tertiary/aromatic N) is 3. The van der Waals surface area contributed by atoms with Gasteiger partial charge in [0, 0.05) is 0 Å². The van der Waals surface area contributed by atoms with Crippen LogP contribution in [0.25, 0.3) is 0 Å². The minimum atomic E-state index is -0.890. The molecule has 0 aliphatic carbocycles. The average molecular weight is 500 g/mol. The number of thiophene rings is 1. The van der Waals surface area contributed by atoms with Crippen LogP contribution in [0.2, 0.25) is 0 Å². The first-order valence-electron chi connectivity index (χ1n) is 11.0. The minimum absolute atomic E-state index is 0.00222. The topological polar surface area (TPSA) is 102 Å². The monoisotopic (exact) mass is 499 g/mol. The van der Waals surface area contributed by atoms with Crippen molar-refractivity contribution in [1.29, 1.82) is 0 Å². The zero-order valence-electron chi connectivity index (χ0n) is 19.1. The average Bonchev–Trinajstić information content (AvgIpc) is 3.56. The second-order valence-corrected chi connectivity index (χ2v) is 9.70. The maximum absolute atomic E-state index is 13.4. The van der Waals surface area contributed by atoms with E-state index in [1.54, 1.807) is 42.6 Å². The van der Waals surface area contributed by atoms with Crippen molar-refractivity contribution in [2.75, 3.05) is 18.1 Å². The maximum Gasteiger partial charge on any atom is 0.296 e. The van der Waals surface area contributed by atoms with E-state index >= 15 is 0 Å². The Labute approximate surface area is 205 Å². The van der Waals surface area contributed by atoms with E-state index in [0.29, 0.717) is 45.3 Å². The largest absolute Gasteiger partial charge is 0.503 e. The van der Waals surface area contributed by atoms with Crippen molar-refractivity contribution in [2.45, 2.75) is 39.7 Å². The van der Waals surface area contributed by atoms with Gasteiger partial charge >= 0.3 is 0 Å². The number of Topliss-reactive ketones (excluding diaryl/α,β-unsaturated/α-hetero) is 1. The van der Waals surface area contributed by atoms with Crippen LogP contribution in [0.3, 0.4) is 0 Å². The molecule has 0 spiro atoms. The smallest absolute Gasteiger partial charge is 0.296 e. The third-order valence-electron chi connectivity index (χ3n) is 5.26. The molecule has 0 radical (unpaired) electrons. The van der Waals surface area contributed by atoms with Gasteiger partial charge < -0.3 is 14.6 Å². The fraction of sp³-hybridized carbons (Fsp3) is 0.333. The van der Waals surface area contributed by atoms with Gasteiger partial charge in [-0.15, -0.1) is 21.5 Å². The molecular weight excluding hydrogens is 474 g/mol. The summed E-state index contributed by atoms with van der Waals surface area (Å²) in [6.07, 6.45) is 1.91. The maximum atomic E-state index is 13.4. The molecule has 1 atom stereocenters. The van der Waals surface area contributed by atoms with Gasteiger partial charge in [-0.2, -0.15) is 0 Å². The number of carbonyl (C=O) groups is 2. The van der Waals surface area contributed by atoms with Crippen molar-refractivity contribution in [3.63, 3.8) is 0 Å². The predicted octanol–water partition coefficient (Wildman–Crippen LogP) is 5.27. The Hall–Kier alpha value is -3.24. The van der Waals surface area contributed by atoms with E-state index in [0.717, 1.165) is 12.8 Å². The summed E-state index contributed by atoms with van der Waals surface area (Å²) in [5, 5.41) is 21.7. The van der Waals surface area contributed by atoms with Crippen molar-refractivity contribution < 1.29 is 24.2 Å². The molecule has 1 N–H and O–H groups in total. The normalized spacial score (nSPS) is 15.8. The number of aromatic nitrogens is 2. The molecule has 0 saturated heterocycles. The molecule has 10 heteroatoms. The number of aryl methyl sites for hydroxylation is 1. The van der Waals surface area contributed by atoms with Gasteiger partial charge in [0.1, 0.15) is 5.01 Å². The number of carbonyl (C=O) groups excluding carboxylic acids is 2. The van der Waals surface area contributed by atoms with Crippen molar-refractivity contribution in [3.8, 4) is 11.5 Å². The Bertz CT molecular complexity index is 1220. The van der Waals surface area contributed by atoms with E-state index in [1.165, 1.54) is 27.6 Å². The van der Waals surface area contributed by atoms with Crippen LogP contribution in [0.4, 0.5) is 5.13 Å². The van der Waals surface area contributed by atoms with E-state index in [9.17, 15) is 14.7 Å². The molecule has 4 rings (SSSR count). The lowest BCUT2D eigenvalue weighted by molar-refractivity contribution is -0.117. The highest BCUT2D eigenvalue weighted by Crippen LogP contribution is 2.44. The number of hydrogen-bond acceptors (Lipinski definition) is 9. The summed E-state index contributed by atoms with van der Waals surface area (Å²) >= 11 is 2.46. The summed E-state index contributed by atoms with van der Waals surface area (Å²) in [6, 6.07) is 7.84. The van der Waals surface area contributed by atoms with Crippen molar-refractivity contribution >= 4 is 39.5 Å². The van der Waals surface area contributed by atoms with Crippen LogP contribution in [-0.4, -0.2) is 40.2 Å². The lowest BCUT2D eigenvalue weighted by atomic mass is 9.95. The Balaban J connectivity index is 1.82. The number of benzene rings is 1. The first kappa shape index (κ1) is 23.9. The molecule has 0 bridgehead atoms. The van der Waals surface area contributed by atoms with Crippen LogP contribution >= 0.6 is 22.7 Å². The summed E-state index contributed by atoms with van der Waals surface area (Å²) in [6.45, 7) is 6.70. The van der Waals surface area contributed by atoms with Crippen LogP contribution in [-0.2, 0) is 4.79 Å². The highest BCUT2D eigenvalue weighted by atomic mass is 32.1. The highest BCUT2D eigenvalue weighted by molar-refractivity contribution is 7.15. The fourth-order valence-electron chi connectivity index (χ4n) is 3.68. The van der Waals surface area contributed by atoms with Gasteiger partial charge in [0.25, 0.3) is 5.91 Å². The predicted molar refractivity (Wildman–Crippen MR) is 131 cm³/mol. The zero-order valence-corrected chi connectivity index (χ0v) is 20.7. The Morgan fingerprint density at radius 2 is 2.00 bits per heavy atom. The van der Waals surface area contributed by atoms with Crippen LogP contribution in [0, 0.1) is 6.92 Å². The Morgan fingerprint density at radius 3 is 2.65 bits per heavy atom. The molecule has 1 aliphatic heterocycles. The molecule has 1 unspecified atom stereocenters. The summed E-state index contributed by atoms with van der Waals surface area (Å²) in [5.41, 5.74) is 0.596. The van der Waals surface area contributed by atoms with Gasteiger partial charge in [0.2, 0.25) is 10.9 Å². The van der Waals surface area contributed by atoms with Crippen molar-refractivity contribution in [1.82, 2.24) is 10.2 Å². The van der Waals surface area contributed by atoms with Gasteiger partial charge in [-0.05, 0) is 49.4 Å². The third kappa shape index (κ3) is 4.55. The van der Waals surface area contributed by atoms with E-state index in [2.05, 4.69) is 17.1 Å². The van der Waals surface area contributed by atoms with E-state index < -0.39 is 23.5 Å². The summed E-state index contributed by atoms with van der Waals surface area (Å²) in [4.78, 5) is 28.3. The quantitative estimate of drug-likeness (QED) is 0.299. The number of anilines is 1. The molecule has 1 amide bonds. The number of ether oxygens (including phenoxy) is 2. The zero-order chi connectivity index (χ0) is 24.2. The van der Waals surface area contributed by atoms with E-state index in [1.807, 2.05) is 6.92 Å².